The van der Waals surface area contributed by atoms with Crippen LogP contribution in [0, 0.1) is 0 Å². The molecule has 1 atom stereocenters. The quantitative estimate of drug-likeness (QED) is 0.746. The van der Waals surface area contributed by atoms with Crippen molar-refractivity contribution in [3.05, 3.63) is 22.4 Å². The van der Waals surface area contributed by atoms with Crippen LogP contribution in [-0.2, 0) is 0 Å². The Balaban J connectivity index is 2.42. The van der Waals surface area contributed by atoms with E-state index in [1.165, 1.54) is 0 Å². The first-order chi connectivity index (χ1) is 6.77. The Morgan fingerprint density at radius 1 is 1.57 bits per heavy atom. The van der Waals surface area contributed by atoms with E-state index in [2.05, 4.69) is 0 Å². The summed E-state index contributed by atoms with van der Waals surface area (Å²) < 4.78 is 0. The molecule has 0 aliphatic heterocycles. The standard InChI is InChI=1S/C10H17NO2S/c1-2-11(5-6-12)8-9(13)10-4-3-7-14-10/h3-4,7,9,12-13H,2,5-6,8H2,1H3. The van der Waals surface area contributed by atoms with Gasteiger partial charge in [-0.1, -0.05) is 13.0 Å². The fourth-order valence-electron chi connectivity index (χ4n) is 1.34. The third-order valence-corrected chi connectivity index (χ3v) is 3.14. The highest BCUT2D eigenvalue weighted by molar-refractivity contribution is 7.10. The third kappa shape index (κ3) is 3.38. The first-order valence-electron chi connectivity index (χ1n) is 4.82. The number of thiophene rings is 1. The molecule has 3 nitrogen and oxygen atoms in total. The monoisotopic (exact) mass is 215 g/mol. The van der Waals surface area contributed by atoms with E-state index in [0.717, 1.165) is 11.4 Å². The van der Waals surface area contributed by atoms with E-state index in [0.29, 0.717) is 13.1 Å². The van der Waals surface area contributed by atoms with Gasteiger partial charge in [0.1, 0.15) is 6.10 Å². The van der Waals surface area contributed by atoms with E-state index >= 15 is 0 Å². The normalized spacial score (nSPS) is 13.4. The molecule has 1 heterocycles. The molecule has 0 aliphatic carbocycles. The van der Waals surface area contributed by atoms with Gasteiger partial charge in [0.15, 0.2) is 0 Å². The zero-order valence-corrected chi connectivity index (χ0v) is 9.20. The maximum absolute atomic E-state index is 9.82. The molecule has 0 spiro atoms. The lowest BCUT2D eigenvalue weighted by molar-refractivity contribution is 0.105. The van der Waals surface area contributed by atoms with Gasteiger partial charge >= 0.3 is 0 Å². The highest BCUT2D eigenvalue weighted by atomic mass is 32.1. The maximum Gasteiger partial charge on any atom is 0.101 e. The van der Waals surface area contributed by atoms with Crippen LogP contribution in [0.15, 0.2) is 17.5 Å². The molecular weight excluding hydrogens is 198 g/mol. The fraction of sp³-hybridized carbons (Fsp3) is 0.600. The average molecular weight is 215 g/mol. The van der Waals surface area contributed by atoms with Crippen molar-refractivity contribution < 1.29 is 10.2 Å². The van der Waals surface area contributed by atoms with Crippen LogP contribution in [0.5, 0.6) is 0 Å². The summed E-state index contributed by atoms with van der Waals surface area (Å²) in [4.78, 5) is 3.02. The minimum absolute atomic E-state index is 0.144. The molecule has 4 heteroatoms. The summed E-state index contributed by atoms with van der Waals surface area (Å²) in [6.45, 7) is 4.24. The van der Waals surface area contributed by atoms with Crippen LogP contribution < -0.4 is 0 Å². The number of likely N-dealkylation sites (N-methyl/N-ethyl adjacent to an activating group) is 1. The van der Waals surface area contributed by atoms with Gasteiger partial charge in [-0.15, -0.1) is 11.3 Å². The third-order valence-electron chi connectivity index (χ3n) is 2.17. The molecule has 1 unspecified atom stereocenters. The van der Waals surface area contributed by atoms with Gasteiger partial charge in [0, 0.05) is 18.0 Å². The van der Waals surface area contributed by atoms with E-state index in [4.69, 9.17) is 5.11 Å². The highest BCUT2D eigenvalue weighted by Gasteiger charge is 2.12. The summed E-state index contributed by atoms with van der Waals surface area (Å²) >= 11 is 1.56. The minimum atomic E-state index is -0.429. The zero-order valence-electron chi connectivity index (χ0n) is 8.39. The van der Waals surface area contributed by atoms with Crippen molar-refractivity contribution in [1.29, 1.82) is 0 Å². The summed E-state index contributed by atoms with van der Waals surface area (Å²) in [7, 11) is 0. The SMILES string of the molecule is CCN(CCO)CC(O)c1cccs1. The lowest BCUT2D eigenvalue weighted by Gasteiger charge is -2.21. The molecule has 0 saturated heterocycles. The highest BCUT2D eigenvalue weighted by Crippen LogP contribution is 2.19. The molecule has 1 rings (SSSR count). The van der Waals surface area contributed by atoms with Crippen molar-refractivity contribution in [2.24, 2.45) is 0 Å². The molecule has 0 aliphatic rings. The van der Waals surface area contributed by atoms with Gasteiger partial charge in [-0.05, 0) is 18.0 Å². The van der Waals surface area contributed by atoms with Gasteiger partial charge in [-0.25, -0.2) is 0 Å². The van der Waals surface area contributed by atoms with Crippen molar-refractivity contribution >= 4 is 11.3 Å². The number of aliphatic hydroxyl groups excluding tert-OH is 2. The van der Waals surface area contributed by atoms with Gasteiger partial charge in [0.2, 0.25) is 0 Å². The molecule has 0 fully saturated rings. The predicted molar refractivity (Wildman–Crippen MR) is 58.5 cm³/mol. The molecule has 0 radical (unpaired) electrons. The van der Waals surface area contributed by atoms with Crippen molar-refractivity contribution in [2.75, 3.05) is 26.2 Å². The summed E-state index contributed by atoms with van der Waals surface area (Å²) in [6.07, 6.45) is -0.429. The van der Waals surface area contributed by atoms with Gasteiger partial charge in [-0.3, -0.25) is 4.90 Å². The smallest absolute Gasteiger partial charge is 0.101 e. The second kappa shape index (κ2) is 6.14. The van der Waals surface area contributed by atoms with E-state index in [1.807, 2.05) is 29.3 Å². The Hall–Kier alpha value is -0.420. The molecule has 0 amide bonds. The van der Waals surface area contributed by atoms with E-state index in [-0.39, 0.29) is 6.61 Å². The van der Waals surface area contributed by atoms with E-state index in [9.17, 15) is 5.11 Å². The second-order valence-corrected chi connectivity index (χ2v) is 4.13. The zero-order chi connectivity index (χ0) is 10.4. The molecule has 2 N–H and O–H groups in total. The summed E-state index contributed by atoms with van der Waals surface area (Å²) in [5.74, 6) is 0. The molecule has 80 valence electrons. The van der Waals surface area contributed by atoms with Crippen LogP contribution in [-0.4, -0.2) is 41.4 Å². The number of hydrogen-bond acceptors (Lipinski definition) is 4. The Kier molecular flexibility index (Phi) is 5.11. The summed E-state index contributed by atoms with van der Waals surface area (Å²) in [5.41, 5.74) is 0. The number of aliphatic hydroxyl groups is 2. The van der Waals surface area contributed by atoms with E-state index in [1.54, 1.807) is 11.3 Å². The predicted octanol–water partition coefficient (Wildman–Crippen LogP) is 1.10. The van der Waals surface area contributed by atoms with Crippen LogP contribution in [0.2, 0.25) is 0 Å². The molecule has 0 aromatic carbocycles. The molecule has 1 aromatic rings. The van der Waals surface area contributed by atoms with Gasteiger partial charge in [-0.2, -0.15) is 0 Å². The second-order valence-electron chi connectivity index (χ2n) is 3.15. The summed E-state index contributed by atoms with van der Waals surface area (Å²) in [5, 5.41) is 20.6. The van der Waals surface area contributed by atoms with E-state index < -0.39 is 6.10 Å². The van der Waals surface area contributed by atoms with Crippen LogP contribution in [0.1, 0.15) is 17.9 Å². The lowest BCUT2D eigenvalue weighted by Crippen LogP contribution is -2.30. The van der Waals surface area contributed by atoms with Gasteiger partial charge in [0.25, 0.3) is 0 Å². The van der Waals surface area contributed by atoms with Crippen molar-refractivity contribution in [2.45, 2.75) is 13.0 Å². The Labute approximate surface area is 88.6 Å². The first-order valence-corrected chi connectivity index (χ1v) is 5.70. The number of nitrogens with zero attached hydrogens (tertiary/aromatic N) is 1. The Morgan fingerprint density at radius 3 is 2.86 bits per heavy atom. The van der Waals surface area contributed by atoms with Crippen LogP contribution in [0.25, 0.3) is 0 Å². The number of hydrogen-bond donors (Lipinski definition) is 2. The largest absolute Gasteiger partial charge is 0.395 e. The van der Waals surface area contributed by atoms with Crippen molar-refractivity contribution in [3.63, 3.8) is 0 Å². The topological polar surface area (TPSA) is 43.7 Å². The molecular formula is C10H17NO2S. The van der Waals surface area contributed by atoms with Gasteiger partial charge < -0.3 is 10.2 Å². The minimum Gasteiger partial charge on any atom is -0.395 e. The van der Waals surface area contributed by atoms with Crippen molar-refractivity contribution in [3.8, 4) is 0 Å². The molecule has 1 aromatic heterocycles. The number of rotatable bonds is 6. The van der Waals surface area contributed by atoms with Crippen LogP contribution >= 0.6 is 11.3 Å². The first kappa shape index (κ1) is 11.7. The lowest BCUT2D eigenvalue weighted by atomic mass is 10.2. The van der Waals surface area contributed by atoms with Gasteiger partial charge in [0.05, 0.1) is 6.61 Å². The average Bonchev–Trinajstić information content (AvgIpc) is 2.69. The maximum atomic E-state index is 9.82. The van der Waals surface area contributed by atoms with Crippen LogP contribution in [0.4, 0.5) is 0 Å². The van der Waals surface area contributed by atoms with Crippen molar-refractivity contribution in [1.82, 2.24) is 4.90 Å². The Bertz CT molecular complexity index is 238. The Morgan fingerprint density at radius 2 is 2.36 bits per heavy atom. The van der Waals surface area contributed by atoms with Crippen LogP contribution in [0.3, 0.4) is 0 Å². The molecule has 14 heavy (non-hydrogen) atoms. The molecule has 0 bridgehead atoms. The summed E-state index contributed by atoms with van der Waals surface area (Å²) in [6, 6.07) is 3.87. The fourth-order valence-corrected chi connectivity index (χ4v) is 2.04. The molecule has 0 saturated carbocycles.